The van der Waals surface area contributed by atoms with Gasteiger partial charge in [0.15, 0.2) is 0 Å². The molecule has 0 aromatic rings. The number of ether oxygens (including phenoxy) is 1. The van der Waals surface area contributed by atoms with E-state index < -0.39 is 0 Å². The van der Waals surface area contributed by atoms with Crippen LogP contribution >= 0.6 is 0 Å². The lowest BCUT2D eigenvalue weighted by Crippen LogP contribution is -2.31. The second-order valence-electron chi connectivity index (χ2n) is 2.46. The van der Waals surface area contributed by atoms with E-state index in [1.807, 2.05) is 6.92 Å². The van der Waals surface area contributed by atoms with Crippen LogP contribution in [0.1, 0.15) is 6.92 Å². The first-order valence-corrected chi connectivity index (χ1v) is 3.21. The molecule has 0 radical (unpaired) electrons. The molecule has 4 heteroatoms. The zero-order valence-electron chi connectivity index (χ0n) is 6.07. The number of carbonyl (C=O) groups is 1. The van der Waals surface area contributed by atoms with Gasteiger partial charge in [-0.15, -0.1) is 0 Å². The fourth-order valence-corrected chi connectivity index (χ4v) is 0.917. The number of aliphatic hydroxyl groups excluding tert-OH is 1. The molecule has 0 unspecified atom stereocenters. The highest BCUT2D eigenvalue weighted by molar-refractivity contribution is 5.70. The van der Waals surface area contributed by atoms with Gasteiger partial charge in [-0.25, -0.2) is 4.79 Å². The number of hydrogen-bond acceptors (Lipinski definition) is 3. The van der Waals surface area contributed by atoms with Crippen molar-refractivity contribution in [1.82, 2.24) is 4.90 Å². The van der Waals surface area contributed by atoms with Crippen molar-refractivity contribution < 1.29 is 14.6 Å². The average molecular weight is 145 g/mol. The molecule has 0 aliphatic carbocycles. The van der Waals surface area contributed by atoms with Crippen LogP contribution < -0.4 is 0 Å². The molecule has 1 N–H and O–H groups in total. The van der Waals surface area contributed by atoms with Crippen molar-refractivity contribution in [2.24, 2.45) is 0 Å². The maximum atomic E-state index is 10.7. The van der Waals surface area contributed by atoms with Crippen molar-refractivity contribution in [2.75, 3.05) is 13.7 Å². The SMILES string of the molecule is C[C@H]1[C@@H](CO)OC(=O)N1C. The molecule has 1 heterocycles. The van der Waals surface area contributed by atoms with E-state index in [0.29, 0.717) is 0 Å². The lowest BCUT2D eigenvalue weighted by Gasteiger charge is -2.13. The summed E-state index contributed by atoms with van der Waals surface area (Å²) in [5, 5.41) is 8.67. The summed E-state index contributed by atoms with van der Waals surface area (Å²) >= 11 is 0. The third kappa shape index (κ3) is 0.945. The zero-order chi connectivity index (χ0) is 7.72. The molecule has 0 bridgehead atoms. The molecule has 4 nitrogen and oxygen atoms in total. The highest BCUT2D eigenvalue weighted by Crippen LogP contribution is 2.15. The smallest absolute Gasteiger partial charge is 0.410 e. The third-order valence-electron chi connectivity index (χ3n) is 1.87. The Morgan fingerprint density at radius 1 is 1.80 bits per heavy atom. The Hall–Kier alpha value is -0.770. The molecule has 0 aromatic carbocycles. The van der Waals surface area contributed by atoms with Crippen molar-refractivity contribution in [2.45, 2.75) is 19.1 Å². The Labute approximate surface area is 59.4 Å². The van der Waals surface area contributed by atoms with Crippen LogP contribution in [0.2, 0.25) is 0 Å². The van der Waals surface area contributed by atoms with Gasteiger partial charge < -0.3 is 14.7 Å². The van der Waals surface area contributed by atoms with Gasteiger partial charge in [-0.2, -0.15) is 0 Å². The van der Waals surface area contributed by atoms with Crippen LogP contribution in [0.15, 0.2) is 0 Å². The number of likely N-dealkylation sites (N-methyl/N-ethyl adjacent to an activating group) is 1. The predicted molar refractivity (Wildman–Crippen MR) is 34.6 cm³/mol. The fourth-order valence-electron chi connectivity index (χ4n) is 0.917. The van der Waals surface area contributed by atoms with Crippen molar-refractivity contribution in [1.29, 1.82) is 0 Å². The normalized spacial score (nSPS) is 32.7. The molecule has 1 aliphatic rings. The number of aliphatic hydroxyl groups is 1. The van der Waals surface area contributed by atoms with Crippen LogP contribution in [-0.4, -0.2) is 41.9 Å². The summed E-state index contributed by atoms with van der Waals surface area (Å²) < 4.78 is 4.77. The van der Waals surface area contributed by atoms with E-state index in [4.69, 9.17) is 9.84 Å². The number of rotatable bonds is 1. The van der Waals surface area contributed by atoms with Crippen LogP contribution in [0.4, 0.5) is 4.79 Å². The first kappa shape index (κ1) is 7.34. The zero-order valence-corrected chi connectivity index (χ0v) is 6.07. The van der Waals surface area contributed by atoms with Crippen LogP contribution in [0.5, 0.6) is 0 Å². The van der Waals surface area contributed by atoms with E-state index in [-0.39, 0.29) is 24.8 Å². The van der Waals surface area contributed by atoms with E-state index >= 15 is 0 Å². The van der Waals surface area contributed by atoms with E-state index in [1.165, 1.54) is 4.90 Å². The second-order valence-corrected chi connectivity index (χ2v) is 2.46. The van der Waals surface area contributed by atoms with Crippen LogP contribution in [0.25, 0.3) is 0 Å². The van der Waals surface area contributed by atoms with Crippen LogP contribution in [0.3, 0.4) is 0 Å². The Kier molecular flexibility index (Phi) is 1.80. The summed E-state index contributed by atoms with van der Waals surface area (Å²) in [6, 6.07) is -0.0162. The van der Waals surface area contributed by atoms with E-state index in [9.17, 15) is 4.79 Å². The number of nitrogens with zero attached hydrogens (tertiary/aromatic N) is 1. The topological polar surface area (TPSA) is 49.8 Å². The second kappa shape index (κ2) is 2.46. The number of hydrogen-bond donors (Lipinski definition) is 1. The van der Waals surface area contributed by atoms with E-state index in [2.05, 4.69) is 0 Å². The molecule has 1 amide bonds. The number of amides is 1. The minimum absolute atomic E-state index is 0.0162. The molecule has 1 aliphatic heterocycles. The van der Waals surface area contributed by atoms with Gasteiger partial charge in [-0.1, -0.05) is 0 Å². The molecule has 0 aromatic heterocycles. The lowest BCUT2D eigenvalue weighted by atomic mass is 10.2. The Balaban J connectivity index is 2.61. The first-order chi connectivity index (χ1) is 4.66. The standard InChI is InChI=1S/C6H11NO3/c1-4-5(3-8)10-6(9)7(4)2/h4-5,8H,3H2,1-2H3/t4-,5+/m0/s1. The summed E-state index contributed by atoms with van der Waals surface area (Å²) in [4.78, 5) is 12.2. The van der Waals surface area contributed by atoms with Gasteiger partial charge in [0.25, 0.3) is 0 Å². The van der Waals surface area contributed by atoms with Gasteiger partial charge in [0.1, 0.15) is 6.10 Å². The predicted octanol–water partition coefficient (Wildman–Crippen LogP) is -0.182. The van der Waals surface area contributed by atoms with Crippen molar-refractivity contribution in [3.05, 3.63) is 0 Å². The summed E-state index contributed by atoms with van der Waals surface area (Å²) in [7, 11) is 1.66. The highest BCUT2D eigenvalue weighted by Gasteiger charge is 2.35. The Bertz CT molecular complexity index is 148. The van der Waals surface area contributed by atoms with Gasteiger partial charge in [0.2, 0.25) is 0 Å². The van der Waals surface area contributed by atoms with Gasteiger partial charge in [0.05, 0.1) is 12.6 Å². The van der Waals surface area contributed by atoms with Gasteiger partial charge in [0, 0.05) is 7.05 Å². The van der Waals surface area contributed by atoms with Gasteiger partial charge in [-0.05, 0) is 6.92 Å². The number of cyclic esters (lactones) is 1. The molecule has 10 heavy (non-hydrogen) atoms. The monoisotopic (exact) mass is 145 g/mol. The summed E-state index contributed by atoms with van der Waals surface area (Å²) in [5.41, 5.74) is 0. The molecule has 58 valence electrons. The molecule has 2 atom stereocenters. The molecule has 0 spiro atoms. The largest absolute Gasteiger partial charge is 0.441 e. The van der Waals surface area contributed by atoms with E-state index in [0.717, 1.165) is 0 Å². The molecule has 0 saturated carbocycles. The third-order valence-corrected chi connectivity index (χ3v) is 1.87. The maximum absolute atomic E-state index is 10.7. The minimum Gasteiger partial charge on any atom is -0.441 e. The Morgan fingerprint density at radius 2 is 2.40 bits per heavy atom. The average Bonchev–Trinajstić information content (AvgIpc) is 2.17. The fraction of sp³-hybridized carbons (Fsp3) is 0.833. The van der Waals surface area contributed by atoms with Gasteiger partial charge >= 0.3 is 6.09 Å². The lowest BCUT2D eigenvalue weighted by molar-refractivity contribution is 0.0853. The summed E-state index contributed by atoms with van der Waals surface area (Å²) in [6.45, 7) is 1.74. The van der Waals surface area contributed by atoms with Crippen molar-refractivity contribution in [3.8, 4) is 0 Å². The van der Waals surface area contributed by atoms with E-state index in [1.54, 1.807) is 7.05 Å². The Morgan fingerprint density at radius 3 is 2.60 bits per heavy atom. The molecule has 1 saturated heterocycles. The summed E-state index contributed by atoms with van der Waals surface area (Å²) in [5.74, 6) is 0. The van der Waals surface area contributed by atoms with Crippen LogP contribution in [-0.2, 0) is 4.74 Å². The molecule has 1 fully saturated rings. The van der Waals surface area contributed by atoms with Crippen LogP contribution in [0, 0.1) is 0 Å². The quantitative estimate of drug-likeness (QED) is 0.556. The molecular formula is C6H11NO3. The molecule has 1 rings (SSSR count). The minimum atomic E-state index is -0.355. The highest BCUT2D eigenvalue weighted by atomic mass is 16.6. The van der Waals surface area contributed by atoms with Crippen molar-refractivity contribution in [3.63, 3.8) is 0 Å². The molecular weight excluding hydrogens is 134 g/mol. The van der Waals surface area contributed by atoms with Crippen molar-refractivity contribution >= 4 is 6.09 Å². The first-order valence-electron chi connectivity index (χ1n) is 3.21. The van der Waals surface area contributed by atoms with Gasteiger partial charge in [-0.3, -0.25) is 0 Å². The maximum Gasteiger partial charge on any atom is 0.410 e. The summed E-state index contributed by atoms with van der Waals surface area (Å²) in [6.07, 6.45) is -0.705. The number of carbonyl (C=O) groups excluding carboxylic acids is 1.